The van der Waals surface area contributed by atoms with Gasteiger partial charge in [0.2, 0.25) is 0 Å². The minimum Gasteiger partial charge on any atom is -0.446 e. The molecular formula is C7H13NO3. The van der Waals surface area contributed by atoms with Crippen molar-refractivity contribution in [3.05, 3.63) is 0 Å². The Balaban J connectivity index is 2.17. The molecule has 4 heteroatoms. The number of carbonyl (C=O) groups excluding carboxylic acids is 1. The van der Waals surface area contributed by atoms with E-state index in [1.54, 1.807) is 0 Å². The first-order valence-corrected chi connectivity index (χ1v) is 3.88. The van der Waals surface area contributed by atoms with Gasteiger partial charge in [-0.2, -0.15) is 0 Å². The number of nitrogens with one attached hydrogen (secondary N) is 1. The third-order valence-electron chi connectivity index (χ3n) is 1.69. The van der Waals surface area contributed by atoms with Gasteiger partial charge in [0.25, 0.3) is 0 Å². The molecule has 0 unspecified atom stereocenters. The molecule has 4 nitrogen and oxygen atoms in total. The van der Waals surface area contributed by atoms with E-state index in [0.29, 0.717) is 13.0 Å². The Bertz CT molecular complexity index is 138. The Morgan fingerprint density at radius 2 is 2.55 bits per heavy atom. The van der Waals surface area contributed by atoms with Crippen LogP contribution in [-0.2, 0) is 4.74 Å². The maximum absolute atomic E-state index is 10.6. The Hall–Kier alpha value is -0.770. The van der Waals surface area contributed by atoms with Crippen molar-refractivity contribution in [3.63, 3.8) is 0 Å². The van der Waals surface area contributed by atoms with Crippen LogP contribution in [0.25, 0.3) is 0 Å². The fourth-order valence-electron chi connectivity index (χ4n) is 1.11. The quantitative estimate of drug-likeness (QED) is 0.621. The molecule has 1 rings (SSSR count). The lowest BCUT2D eigenvalue weighted by atomic mass is 10.1. The molecule has 1 amide bonds. The van der Waals surface area contributed by atoms with Crippen LogP contribution in [0.2, 0.25) is 0 Å². The highest BCUT2D eigenvalue weighted by Gasteiger charge is 2.18. The van der Waals surface area contributed by atoms with Gasteiger partial charge in [0.1, 0.15) is 6.10 Å². The molecule has 0 spiro atoms. The van der Waals surface area contributed by atoms with Crippen molar-refractivity contribution in [1.29, 1.82) is 0 Å². The molecule has 0 aliphatic carbocycles. The maximum Gasteiger partial charge on any atom is 0.407 e. The average Bonchev–Trinajstić information content (AvgIpc) is 2.01. The molecule has 0 bridgehead atoms. The molecule has 0 aromatic rings. The van der Waals surface area contributed by atoms with Crippen LogP contribution in [0.15, 0.2) is 0 Å². The molecule has 1 saturated heterocycles. The van der Waals surface area contributed by atoms with E-state index in [9.17, 15) is 4.79 Å². The fraction of sp³-hybridized carbons (Fsp3) is 0.857. The Morgan fingerprint density at radius 3 is 3.18 bits per heavy atom. The van der Waals surface area contributed by atoms with Crippen LogP contribution >= 0.6 is 0 Å². The number of carbonyl (C=O) groups is 1. The number of alkyl carbamates (subject to hydrolysis) is 1. The standard InChI is InChI=1S/C7H13NO3/c9-5-1-2-6-3-4-8-7(10)11-6/h6,9H,1-5H2,(H,8,10)/t6-/m1/s1. The fourth-order valence-corrected chi connectivity index (χ4v) is 1.11. The van der Waals surface area contributed by atoms with Crippen LogP contribution in [0, 0.1) is 0 Å². The summed E-state index contributed by atoms with van der Waals surface area (Å²) in [5.41, 5.74) is 0. The van der Waals surface area contributed by atoms with Crippen LogP contribution in [0.1, 0.15) is 19.3 Å². The molecule has 11 heavy (non-hydrogen) atoms. The molecule has 0 saturated carbocycles. The molecule has 0 aromatic carbocycles. The largest absolute Gasteiger partial charge is 0.446 e. The SMILES string of the molecule is O=C1NCC[C@@H](CCCO)O1. The molecule has 0 radical (unpaired) electrons. The highest BCUT2D eigenvalue weighted by atomic mass is 16.6. The molecular weight excluding hydrogens is 146 g/mol. The zero-order valence-electron chi connectivity index (χ0n) is 6.38. The third kappa shape index (κ3) is 2.76. The van der Waals surface area contributed by atoms with Crippen molar-refractivity contribution >= 4 is 6.09 Å². The van der Waals surface area contributed by atoms with Crippen molar-refractivity contribution < 1.29 is 14.6 Å². The molecule has 0 aromatic heterocycles. The van der Waals surface area contributed by atoms with Gasteiger partial charge in [-0.25, -0.2) is 4.79 Å². The lowest BCUT2D eigenvalue weighted by Crippen LogP contribution is -2.37. The summed E-state index contributed by atoms with van der Waals surface area (Å²) in [7, 11) is 0. The average molecular weight is 159 g/mol. The van der Waals surface area contributed by atoms with Gasteiger partial charge in [0.05, 0.1) is 0 Å². The number of aliphatic hydroxyl groups is 1. The number of aliphatic hydroxyl groups excluding tert-OH is 1. The first kappa shape index (κ1) is 8.33. The van der Waals surface area contributed by atoms with Crippen molar-refractivity contribution in [2.24, 2.45) is 0 Å². The van der Waals surface area contributed by atoms with Gasteiger partial charge in [-0.1, -0.05) is 0 Å². The van der Waals surface area contributed by atoms with Gasteiger partial charge in [-0.3, -0.25) is 0 Å². The predicted octanol–water partition coefficient (Wildman–Crippen LogP) is 0.257. The van der Waals surface area contributed by atoms with E-state index in [1.165, 1.54) is 0 Å². The van der Waals surface area contributed by atoms with Crippen LogP contribution in [-0.4, -0.2) is 30.5 Å². The number of ether oxygens (including phenoxy) is 1. The summed E-state index contributed by atoms with van der Waals surface area (Å²) in [5.74, 6) is 0. The lowest BCUT2D eigenvalue weighted by molar-refractivity contribution is 0.0649. The van der Waals surface area contributed by atoms with Crippen LogP contribution in [0.3, 0.4) is 0 Å². The van der Waals surface area contributed by atoms with E-state index in [4.69, 9.17) is 9.84 Å². The monoisotopic (exact) mass is 159 g/mol. The van der Waals surface area contributed by atoms with Crippen molar-refractivity contribution in [1.82, 2.24) is 5.32 Å². The van der Waals surface area contributed by atoms with E-state index in [0.717, 1.165) is 12.8 Å². The smallest absolute Gasteiger partial charge is 0.407 e. The van der Waals surface area contributed by atoms with Crippen LogP contribution in [0.5, 0.6) is 0 Å². The number of hydrogen-bond donors (Lipinski definition) is 2. The van der Waals surface area contributed by atoms with E-state index >= 15 is 0 Å². The van der Waals surface area contributed by atoms with Gasteiger partial charge in [-0.05, 0) is 12.8 Å². The summed E-state index contributed by atoms with van der Waals surface area (Å²) in [6.45, 7) is 0.858. The number of cyclic esters (lactones) is 1. The van der Waals surface area contributed by atoms with Crippen molar-refractivity contribution in [2.45, 2.75) is 25.4 Å². The van der Waals surface area contributed by atoms with Crippen LogP contribution < -0.4 is 5.32 Å². The van der Waals surface area contributed by atoms with E-state index < -0.39 is 0 Å². The molecule has 1 fully saturated rings. The minimum absolute atomic E-state index is 0.0101. The van der Waals surface area contributed by atoms with Crippen molar-refractivity contribution in [2.75, 3.05) is 13.2 Å². The van der Waals surface area contributed by atoms with Gasteiger partial charge in [0, 0.05) is 19.6 Å². The van der Waals surface area contributed by atoms with Crippen molar-refractivity contribution in [3.8, 4) is 0 Å². The first-order chi connectivity index (χ1) is 5.33. The zero-order valence-corrected chi connectivity index (χ0v) is 6.38. The topological polar surface area (TPSA) is 58.6 Å². The number of rotatable bonds is 3. The Kier molecular flexibility index (Phi) is 3.16. The molecule has 64 valence electrons. The molecule has 1 aliphatic rings. The van der Waals surface area contributed by atoms with Gasteiger partial charge >= 0.3 is 6.09 Å². The van der Waals surface area contributed by atoms with Gasteiger partial charge in [-0.15, -0.1) is 0 Å². The Morgan fingerprint density at radius 1 is 1.73 bits per heavy atom. The lowest BCUT2D eigenvalue weighted by Gasteiger charge is -2.22. The number of hydrogen-bond acceptors (Lipinski definition) is 3. The summed E-state index contributed by atoms with van der Waals surface area (Å²) >= 11 is 0. The second-order valence-corrected chi connectivity index (χ2v) is 2.61. The van der Waals surface area contributed by atoms with E-state index in [-0.39, 0.29) is 18.8 Å². The summed E-state index contributed by atoms with van der Waals surface area (Å²) in [6.07, 6.45) is 2.00. The minimum atomic E-state index is -0.334. The maximum atomic E-state index is 10.6. The molecule has 1 aliphatic heterocycles. The van der Waals surface area contributed by atoms with Gasteiger partial charge in [0.15, 0.2) is 0 Å². The molecule has 1 atom stereocenters. The van der Waals surface area contributed by atoms with E-state index in [1.807, 2.05) is 0 Å². The summed E-state index contributed by atoms with van der Waals surface area (Å²) in [4.78, 5) is 10.6. The first-order valence-electron chi connectivity index (χ1n) is 3.88. The van der Waals surface area contributed by atoms with Gasteiger partial charge < -0.3 is 15.2 Å². The second-order valence-electron chi connectivity index (χ2n) is 2.61. The molecule has 2 N–H and O–H groups in total. The number of amides is 1. The second kappa shape index (κ2) is 4.18. The zero-order chi connectivity index (χ0) is 8.10. The highest BCUT2D eigenvalue weighted by molar-refractivity contribution is 5.67. The summed E-state index contributed by atoms with van der Waals surface area (Å²) in [6, 6.07) is 0. The third-order valence-corrected chi connectivity index (χ3v) is 1.69. The summed E-state index contributed by atoms with van der Waals surface area (Å²) < 4.78 is 4.93. The normalized spacial score (nSPS) is 24.1. The summed E-state index contributed by atoms with van der Waals surface area (Å²) in [5, 5.41) is 11.1. The van der Waals surface area contributed by atoms with E-state index in [2.05, 4.69) is 5.32 Å². The predicted molar refractivity (Wildman–Crippen MR) is 39.2 cm³/mol. The Labute approximate surface area is 65.5 Å². The molecule has 1 heterocycles. The van der Waals surface area contributed by atoms with Crippen LogP contribution in [0.4, 0.5) is 4.79 Å². The highest BCUT2D eigenvalue weighted by Crippen LogP contribution is 2.09.